The molecule has 0 N–H and O–H groups in total. The lowest BCUT2D eigenvalue weighted by atomic mass is 9.88. The van der Waals surface area contributed by atoms with Gasteiger partial charge in [-0.3, -0.25) is 9.59 Å². The van der Waals surface area contributed by atoms with Gasteiger partial charge in [0, 0.05) is 5.69 Å². The molecular formula is C35H28N2O4. The van der Waals surface area contributed by atoms with E-state index in [1.165, 1.54) is 4.90 Å². The Morgan fingerprint density at radius 1 is 0.732 bits per heavy atom. The summed E-state index contributed by atoms with van der Waals surface area (Å²) in [6.45, 7) is 1.95. The molecule has 2 fully saturated rings. The number of fused-ring (bicyclic) bond motifs is 5. The van der Waals surface area contributed by atoms with Crippen LogP contribution in [0.25, 0.3) is 6.08 Å². The minimum Gasteiger partial charge on any atom is -0.451 e. The highest BCUT2D eigenvalue weighted by molar-refractivity contribution is 6.24. The summed E-state index contributed by atoms with van der Waals surface area (Å²) in [6, 6.07) is 32.8. The number of aryl methyl sites for hydroxylation is 1. The fourth-order valence-corrected chi connectivity index (χ4v) is 6.50. The van der Waals surface area contributed by atoms with Crippen LogP contribution in [0.3, 0.4) is 0 Å². The fraction of sp³-hybridized carbons (Fsp3) is 0.171. The Balaban J connectivity index is 1.32. The molecule has 0 bridgehead atoms. The van der Waals surface area contributed by atoms with Crippen molar-refractivity contribution in [2.24, 2.45) is 11.8 Å². The number of amides is 2. The van der Waals surface area contributed by atoms with Crippen molar-refractivity contribution in [2.45, 2.75) is 25.1 Å². The van der Waals surface area contributed by atoms with Crippen molar-refractivity contribution in [1.82, 2.24) is 0 Å². The number of nitrogens with zero attached hydrogens (tertiary/aromatic N) is 2. The highest BCUT2D eigenvalue weighted by atomic mass is 16.5. The van der Waals surface area contributed by atoms with Crippen LogP contribution in [0.5, 0.6) is 0 Å². The van der Waals surface area contributed by atoms with Crippen LogP contribution in [0.1, 0.15) is 28.4 Å². The van der Waals surface area contributed by atoms with E-state index in [9.17, 15) is 14.4 Å². The summed E-state index contributed by atoms with van der Waals surface area (Å²) in [4.78, 5) is 45.7. The maximum atomic E-state index is 14.4. The fourth-order valence-electron chi connectivity index (χ4n) is 6.50. The van der Waals surface area contributed by atoms with E-state index in [1.807, 2.05) is 121 Å². The van der Waals surface area contributed by atoms with Crippen molar-refractivity contribution in [3.8, 4) is 0 Å². The quantitative estimate of drug-likeness (QED) is 0.239. The molecule has 2 amide bonds. The predicted molar refractivity (Wildman–Crippen MR) is 157 cm³/mol. The smallest absolute Gasteiger partial charge is 0.330 e. The molecule has 0 radical (unpaired) electrons. The minimum atomic E-state index is -0.974. The monoisotopic (exact) mass is 540 g/mol. The Hall–Kier alpha value is -4.97. The van der Waals surface area contributed by atoms with Gasteiger partial charge < -0.3 is 9.64 Å². The van der Waals surface area contributed by atoms with Crippen LogP contribution in [-0.2, 0) is 19.1 Å². The van der Waals surface area contributed by atoms with E-state index in [2.05, 4.69) is 0 Å². The Morgan fingerprint density at radius 2 is 1.32 bits per heavy atom. The van der Waals surface area contributed by atoms with Gasteiger partial charge >= 0.3 is 5.97 Å². The van der Waals surface area contributed by atoms with Crippen molar-refractivity contribution in [3.63, 3.8) is 0 Å². The highest BCUT2D eigenvalue weighted by Gasteiger charge is 2.65. The Kier molecular flexibility index (Phi) is 6.04. The van der Waals surface area contributed by atoms with Crippen LogP contribution >= 0.6 is 0 Å². The van der Waals surface area contributed by atoms with Crippen molar-refractivity contribution in [1.29, 1.82) is 0 Å². The molecule has 0 aliphatic carbocycles. The van der Waals surface area contributed by atoms with E-state index in [0.717, 1.165) is 27.9 Å². The number of ether oxygens (including phenoxy) is 1. The Labute approximate surface area is 238 Å². The lowest BCUT2D eigenvalue weighted by Crippen LogP contribution is -2.49. The van der Waals surface area contributed by atoms with Gasteiger partial charge in [-0.05, 0) is 41.8 Å². The molecule has 4 aromatic carbocycles. The van der Waals surface area contributed by atoms with Crippen molar-refractivity contribution >= 4 is 35.2 Å². The lowest BCUT2D eigenvalue weighted by molar-refractivity contribution is -0.151. The van der Waals surface area contributed by atoms with Crippen molar-refractivity contribution in [2.75, 3.05) is 9.80 Å². The second kappa shape index (κ2) is 9.89. The van der Waals surface area contributed by atoms with Crippen LogP contribution in [-0.4, -0.2) is 29.9 Å². The first-order chi connectivity index (χ1) is 20.0. The third-order valence-electron chi connectivity index (χ3n) is 8.39. The number of benzene rings is 4. The lowest BCUT2D eigenvalue weighted by Gasteiger charge is -2.36. The molecule has 4 atom stereocenters. The zero-order chi connectivity index (χ0) is 28.1. The van der Waals surface area contributed by atoms with Crippen molar-refractivity contribution in [3.05, 3.63) is 138 Å². The van der Waals surface area contributed by atoms with E-state index < -0.39 is 36.0 Å². The molecule has 0 saturated carbocycles. The highest BCUT2D eigenvalue weighted by Crippen LogP contribution is 2.49. The van der Waals surface area contributed by atoms with Gasteiger partial charge in [-0.15, -0.1) is 0 Å². The summed E-state index contributed by atoms with van der Waals surface area (Å²) in [7, 11) is 0. The number of carbonyl (C=O) groups is 3. The topological polar surface area (TPSA) is 66.9 Å². The molecule has 7 rings (SSSR count). The zero-order valence-electron chi connectivity index (χ0n) is 22.5. The van der Waals surface area contributed by atoms with Gasteiger partial charge in [0.25, 0.3) is 0 Å². The van der Waals surface area contributed by atoms with Crippen LogP contribution in [0.4, 0.5) is 11.4 Å². The molecule has 41 heavy (non-hydrogen) atoms. The number of imide groups is 1. The van der Waals surface area contributed by atoms with E-state index in [1.54, 1.807) is 12.1 Å². The van der Waals surface area contributed by atoms with Gasteiger partial charge in [0.15, 0.2) is 6.10 Å². The first-order valence-electron chi connectivity index (χ1n) is 13.8. The summed E-state index contributed by atoms with van der Waals surface area (Å²) in [5.41, 5.74) is 4.94. The Bertz CT molecular complexity index is 1630. The van der Waals surface area contributed by atoms with Crippen LogP contribution in [0.15, 0.2) is 115 Å². The molecule has 3 aliphatic rings. The number of hydrogen-bond acceptors (Lipinski definition) is 5. The number of carbonyl (C=O) groups excluding carboxylic acids is 3. The van der Waals surface area contributed by atoms with E-state index in [4.69, 9.17) is 4.74 Å². The molecule has 0 aromatic heterocycles. The molecule has 6 nitrogen and oxygen atoms in total. The maximum Gasteiger partial charge on any atom is 0.330 e. The maximum absolute atomic E-state index is 14.4. The number of rotatable bonds is 5. The summed E-state index contributed by atoms with van der Waals surface area (Å²) in [6.07, 6.45) is 3.26. The molecule has 6 heteroatoms. The molecule has 2 saturated heterocycles. The van der Waals surface area contributed by atoms with Crippen LogP contribution in [0, 0.1) is 18.8 Å². The largest absolute Gasteiger partial charge is 0.451 e. The number of anilines is 2. The first-order valence-corrected chi connectivity index (χ1v) is 13.8. The summed E-state index contributed by atoms with van der Waals surface area (Å²) in [5, 5.41) is 0. The zero-order valence-corrected chi connectivity index (χ0v) is 22.5. The van der Waals surface area contributed by atoms with Gasteiger partial charge in [0.2, 0.25) is 11.8 Å². The van der Waals surface area contributed by atoms with Crippen molar-refractivity contribution < 1.29 is 19.1 Å². The second-order valence-electron chi connectivity index (χ2n) is 10.8. The second-order valence-corrected chi connectivity index (χ2v) is 10.8. The summed E-state index contributed by atoms with van der Waals surface area (Å²) in [5.74, 6) is -2.79. The van der Waals surface area contributed by atoms with Crippen LogP contribution in [0.2, 0.25) is 0 Å². The van der Waals surface area contributed by atoms with Gasteiger partial charge in [0.1, 0.15) is 6.04 Å². The number of hydrogen-bond donors (Lipinski definition) is 0. The van der Waals surface area contributed by atoms with E-state index >= 15 is 0 Å². The molecule has 4 aromatic rings. The predicted octanol–water partition coefficient (Wildman–Crippen LogP) is 5.72. The summed E-state index contributed by atoms with van der Waals surface area (Å²) >= 11 is 0. The first kappa shape index (κ1) is 25.0. The molecule has 0 unspecified atom stereocenters. The standard InChI is InChI=1S/C35H28N2O4/c1-22-16-19-26(20-17-22)36-33(38)29-28-21-18-23-10-8-9-15-27(23)37(28)31(30(29)34(36)39)35(40)41-32(24-11-4-2-5-12-24)25-13-6-3-7-14-25/h2-21,28-32H,1H3/t28-,29-,30+,31-/m0/s1. The average molecular weight is 541 g/mol. The average Bonchev–Trinajstić information content (AvgIpc) is 3.49. The Morgan fingerprint density at radius 3 is 1.98 bits per heavy atom. The van der Waals surface area contributed by atoms with Gasteiger partial charge in [0.05, 0.1) is 23.6 Å². The molecule has 0 spiro atoms. The van der Waals surface area contributed by atoms with Gasteiger partial charge in [-0.1, -0.05) is 109 Å². The number of esters is 1. The SMILES string of the molecule is Cc1ccc(N2C(=O)[C@@H]3[C@@H](C2=O)[C@@H]2C=Cc4ccccc4N2[C@@H]3C(=O)OC(c2ccccc2)c2ccccc2)cc1. The molecule has 202 valence electrons. The molecular weight excluding hydrogens is 512 g/mol. The molecule has 3 heterocycles. The van der Waals surface area contributed by atoms with E-state index in [0.29, 0.717) is 5.69 Å². The third-order valence-corrected chi connectivity index (χ3v) is 8.39. The van der Waals surface area contributed by atoms with Gasteiger partial charge in [-0.25, -0.2) is 9.69 Å². The third kappa shape index (κ3) is 4.06. The van der Waals surface area contributed by atoms with E-state index in [-0.39, 0.29) is 11.8 Å². The van der Waals surface area contributed by atoms with Crippen LogP contribution < -0.4 is 9.80 Å². The minimum absolute atomic E-state index is 0.291. The molecule has 3 aliphatic heterocycles. The normalized spacial score (nSPS) is 22.5. The summed E-state index contributed by atoms with van der Waals surface area (Å²) < 4.78 is 6.33. The van der Waals surface area contributed by atoms with Gasteiger partial charge in [-0.2, -0.15) is 0 Å². The number of para-hydroxylation sites is 1.